The van der Waals surface area contributed by atoms with Gasteiger partial charge in [0, 0.05) is 21.9 Å². The summed E-state index contributed by atoms with van der Waals surface area (Å²) < 4.78 is 8.08. The van der Waals surface area contributed by atoms with Gasteiger partial charge in [0.25, 0.3) is 0 Å². The molecule has 5 aromatic rings. The Morgan fingerprint density at radius 2 is 1.71 bits per heavy atom. The van der Waals surface area contributed by atoms with E-state index in [0.717, 1.165) is 28.9 Å². The van der Waals surface area contributed by atoms with Crippen molar-refractivity contribution in [3.8, 4) is 17.0 Å². The monoisotopic (exact) mass is 446 g/mol. The predicted octanol–water partition coefficient (Wildman–Crippen LogP) is 6.28. The van der Waals surface area contributed by atoms with E-state index in [4.69, 9.17) is 19.8 Å². The van der Waals surface area contributed by atoms with E-state index in [1.54, 1.807) is 0 Å². The summed E-state index contributed by atoms with van der Waals surface area (Å²) in [5.41, 5.74) is 6.07. The highest BCUT2D eigenvalue weighted by Gasteiger charge is 2.42. The number of benzene rings is 3. The van der Waals surface area contributed by atoms with Gasteiger partial charge in [-0.1, -0.05) is 79.9 Å². The number of ether oxygens (including phenoxy) is 1. The van der Waals surface area contributed by atoms with Crippen molar-refractivity contribution in [1.82, 2.24) is 19.6 Å². The number of hydrogen-bond acceptors (Lipinski definition) is 4. The van der Waals surface area contributed by atoms with E-state index in [2.05, 4.69) is 42.5 Å². The molecule has 2 aliphatic rings. The SMILES string of the molecule is c1ccc2c(c1)CC1(CCCCC1)c1c-2ncn2nc(COc3cccc4ccccc34)nc12. The van der Waals surface area contributed by atoms with Crippen LogP contribution in [0, 0.1) is 0 Å². The van der Waals surface area contributed by atoms with Gasteiger partial charge in [0.2, 0.25) is 0 Å². The molecular formula is C29H26N4O. The quantitative estimate of drug-likeness (QED) is 0.327. The van der Waals surface area contributed by atoms with Crippen LogP contribution in [0.2, 0.25) is 0 Å². The van der Waals surface area contributed by atoms with Crippen LogP contribution in [0.15, 0.2) is 73.1 Å². The van der Waals surface area contributed by atoms with Gasteiger partial charge < -0.3 is 4.74 Å². The fourth-order valence-electron chi connectivity index (χ4n) is 6.13. The van der Waals surface area contributed by atoms with E-state index >= 15 is 0 Å². The Morgan fingerprint density at radius 1 is 0.882 bits per heavy atom. The Morgan fingerprint density at radius 3 is 2.65 bits per heavy atom. The van der Waals surface area contributed by atoms with Gasteiger partial charge in [-0.15, -0.1) is 5.10 Å². The normalized spacial score (nSPS) is 16.5. The average Bonchev–Trinajstić information content (AvgIpc) is 3.31. The maximum Gasteiger partial charge on any atom is 0.189 e. The second kappa shape index (κ2) is 7.66. The van der Waals surface area contributed by atoms with E-state index in [-0.39, 0.29) is 5.41 Å². The van der Waals surface area contributed by atoms with Crippen LogP contribution in [-0.2, 0) is 18.4 Å². The Hall–Kier alpha value is -3.73. The molecule has 0 N–H and O–H groups in total. The zero-order chi connectivity index (χ0) is 22.5. The summed E-state index contributed by atoms with van der Waals surface area (Å²) >= 11 is 0. The molecule has 0 unspecified atom stereocenters. The Kier molecular flexibility index (Phi) is 4.44. The molecule has 0 bridgehead atoms. The van der Waals surface area contributed by atoms with Gasteiger partial charge in [-0.25, -0.2) is 14.5 Å². The zero-order valence-electron chi connectivity index (χ0n) is 19.1. The number of rotatable bonds is 3. The van der Waals surface area contributed by atoms with Crippen LogP contribution in [0.3, 0.4) is 0 Å². The van der Waals surface area contributed by atoms with Crippen LogP contribution in [0.4, 0.5) is 0 Å². The van der Waals surface area contributed by atoms with Crippen molar-refractivity contribution < 1.29 is 4.74 Å². The third-order valence-electron chi connectivity index (χ3n) is 7.68. The van der Waals surface area contributed by atoms with Gasteiger partial charge in [-0.3, -0.25) is 0 Å². The minimum atomic E-state index is 0.0955. The number of hydrogen-bond donors (Lipinski definition) is 0. The minimum Gasteiger partial charge on any atom is -0.485 e. The van der Waals surface area contributed by atoms with Gasteiger partial charge in [0.1, 0.15) is 18.7 Å². The molecule has 34 heavy (non-hydrogen) atoms. The maximum absolute atomic E-state index is 6.21. The zero-order valence-corrected chi connectivity index (χ0v) is 19.1. The second-order valence-corrected chi connectivity index (χ2v) is 9.71. The number of fused-ring (bicyclic) bond motifs is 7. The molecule has 168 valence electrons. The molecule has 1 saturated carbocycles. The molecule has 3 aromatic carbocycles. The lowest BCUT2D eigenvalue weighted by Gasteiger charge is -2.42. The highest BCUT2D eigenvalue weighted by Crippen LogP contribution is 2.50. The summed E-state index contributed by atoms with van der Waals surface area (Å²) in [6.45, 7) is 0.327. The summed E-state index contributed by atoms with van der Waals surface area (Å²) in [6.07, 6.45) is 9.08. The van der Waals surface area contributed by atoms with E-state index in [0.29, 0.717) is 12.4 Å². The molecule has 0 atom stereocenters. The van der Waals surface area contributed by atoms with Crippen molar-refractivity contribution in [2.45, 2.75) is 50.5 Å². The molecule has 0 radical (unpaired) electrons. The summed E-state index contributed by atoms with van der Waals surface area (Å²) in [5.74, 6) is 1.54. The molecule has 0 amide bonds. The minimum absolute atomic E-state index is 0.0955. The van der Waals surface area contributed by atoms with Crippen molar-refractivity contribution in [1.29, 1.82) is 0 Å². The van der Waals surface area contributed by atoms with Crippen molar-refractivity contribution >= 4 is 16.4 Å². The first kappa shape index (κ1) is 19.7. The highest BCUT2D eigenvalue weighted by atomic mass is 16.5. The molecule has 2 heterocycles. The summed E-state index contributed by atoms with van der Waals surface area (Å²) in [5, 5.41) is 7.04. The lowest BCUT2D eigenvalue weighted by molar-refractivity contribution is 0.288. The van der Waals surface area contributed by atoms with Crippen LogP contribution in [0.5, 0.6) is 5.75 Å². The molecule has 2 aromatic heterocycles. The van der Waals surface area contributed by atoms with Crippen molar-refractivity contribution in [2.24, 2.45) is 0 Å². The third-order valence-corrected chi connectivity index (χ3v) is 7.68. The fourth-order valence-corrected chi connectivity index (χ4v) is 6.13. The fraction of sp³-hybridized carbons (Fsp3) is 0.276. The highest BCUT2D eigenvalue weighted by molar-refractivity contribution is 5.88. The lowest BCUT2D eigenvalue weighted by Crippen LogP contribution is -2.36. The van der Waals surface area contributed by atoms with Gasteiger partial charge in [-0.05, 0) is 36.3 Å². The summed E-state index contributed by atoms with van der Waals surface area (Å²) in [4.78, 5) is 9.96. The van der Waals surface area contributed by atoms with Crippen LogP contribution < -0.4 is 4.74 Å². The first-order chi connectivity index (χ1) is 16.8. The van der Waals surface area contributed by atoms with E-state index in [9.17, 15) is 0 Å². The first-order valence-electron chi connectivity index (χ1n) is 12.2. The second-order valence-electron chi connectivity index (χ2n) is 9.71. The largest absolute Gasteiger partial charge is 0.485 e. The van der Waals surface area contributed by atoms with Gasteiger partial charge in [-0.2, -0.15) is 0 Å². The summed E-state index contributed by atoms with van der Waals surface area (Å²) in [7, 11) is 0. The van der Waals surface area contributed by atoms with Crippen LogP contribution in [-0.4, -0.2) is 19.6 Å². The number of nitrogens with zero attached hydrogens (tertiary/aromatic N) is 4. The van der Waals surface area contributed by atoms with Crippen LogP contribution in [0.25, 0.3) is 27.7 Å². The molecule has 5 nitrogen and oxygen atoms in total. The van der Waals surface area contributed by atoms with Gasteiger partial charge in [0.15, 0.2) is 11.5 Å². The smallest absolute Gasteiger partial charge is 0.189 e. The third kappa shape index (κ3) is 3.03. The maximum atomic E-state index is 6.21. The Labute approximate surface area is 198 Å². The van der Waals surface area contributed by atoms with Crippen molar-refractivity contribution in [2.75, 3.05) is 0 Å². The van der Waals surface area contributed by atoms with Crippen LogP contribution >= 0.6 is 0 Å². The van der Waals surface area contributed by atoms with E-state index in [1.807, 2.05) is 35.1 Å². The predicted molar refractivity (Wildman–Crippen MR) is 133 cm³/mol. The average molecular weight is 447 g/mol. The molecule has 1 spiro atoms. The molecule has 0 aliphatic heterocycles. The lowest BCUT2D eigenvalue weighted by atomic mass is 9.62. The van der Waals surface area contributed by atoms with Crippen molar-refractivity contribution in [3.63, 3.8) is 0 Å². The van der Waals surface area contributed by atoms with Gasteiger partial charge >= 0.3 is 0 Å². The molecule has 7 rings (SSSR count). The van der Waals surface area contributed by atoms with Crippen LogP contribution in [0.1, 0.15) is 49.1 Å². The molecular weight excluding hydrogens is 420 g/mol. The summed E-state index contributed by atoms with van der Waals surface area (Å²) in [6, 6.07) is 23.2. The molecule has 0 saturated heterocycles. The topological polar surface area (TPSA) is 52.3 Å². The molecule has 2 aliphatic carbocycles. The molecule has 5 heteroatoms. The standard InChI is InChI=1S/C29H26N4O/c1-6-15-29(16-7-1)17-21-10-3-5-13-23(21)27-26(29)28-31-25(32-33(28)19-30-27)18-34-24-14-8-11-20-9-2-4-12-22(20)24/h2-5,8-14,19H,1,6-7,15-18H2. The van der Waals surface area contributed by atoms with Crippen molar-refractivity contribution in [3.05, 3.63) is 90.0 Å². The first-order valence-corrected chi connectivity index (χ1v) is 12.2. The Bertz CT molecular complexity index is 1530. The molecule has 1 fully saturated rings. The van der Waals surface area contributed by atoms with E-state index < -0.39 is 0 Å². The van der Waals surface area contributed by atoms with E-state index in [1.165, 1.54) is 54.2 Å². The number of aromatic nitrogens is 4. The Balaban J connectivity index is 1.32. The van der Waals surface area contributed by atoms with Gasteiger partial charge in [0.05, 0.1) is 5.69 Å².